The second-order valence-corrected chi connectivity index (χ2v) is 1.70. The van der Waals surface area contributed by atoms with Crippen molar-refractivity contribution in [2.75, 3.05) is 0 Å². The molecular formula is C4H12ClNO3. The molecule has 0 aliphatic heterocycles. The van der Waals surface area contributed by atoms with E-state index in [1.54, 1.807) is 6.92 Å². The van der Waals surface area contributed by atoms with Crippen molar-refractivity contribution in [1.29, 1.82) is 0 Å². The summed E-state index contributed by atoms with van der Waals surface area (Å²) in [5.41, 5.74) is 5.00. The third kappa shape index (κ3) is 4.62. The van der Waals surface area contributed by atoms with E-state index in [0.717, 1.165) is 0 Å². The van der Waals surface area contributed by atoms with Gasteiger partial charge in [-0.3, -0.25) is 0 Å². The lowest BCUT2D eigenvalue weighted by molar-refractivity contribution is -0.322. The van der Waals surface area contributed by atoms with E-state index in [1.807, 2.05) is 0 Å². The van der Waals surface area contributed by atoms with Gasteiger partial charge < -0.3 is 21.1 Å². The van der Waals surface area contributed by atoms with E-state index in [1.165, 1.54) is 0 Å². The number of aliphatic hydroxyl groups is 3. The normalized spacial score (nSPS) is 14.3. The molecule has 0 aliphatic carbocycles. The molecule has 0 aromatic carbocycles. The Hall–Kier alpha value is 0.130. The van der Waals surface area contributed by atoms with E-state index in [0.29, 0.717) is 6.42 Å². The van der Waals surface area contributed by atoms with Crippen molar-refractivity contribution in [1.82, 2.24) is 0 Å². The van der Waals surface area contributed by atoms with Crippen LogP contribution in [0.15, 0.2) is 0 Å². The summed E-state index contributed by atoms with van der Waals surface area (Å²) >= 11 is 0. The van der Waals surface area contributed by atoms with E-state index in [4.69, 9.17) is 21.1 Å². The van der Waals surface area contributed by atoms with Crippen LogP contribution in [0.1, 0.15) is 13.3 Å². The molecular weight excluding hydrogens is 146 g/mol. The molecule has 0 saturated carbocycles. The zero-order valence-electron chi connectivity index (χ0n) is 5.11. The van der Waals surface area contributed by atoms with E-state index in [9.17, 15) is 0 Å². The van der Waals surface area contributed by atoms with E-state index >= 15 is 0 Å². The molecule has 0 aromatic rings. The van der Waals surface area contributed by atoms with Crippen LogP contribution in [0.25, 0.3) is 0 Å². The van der Waals surface area contributed by atoms with Crippen molar-refractivity contribution in [3.8, 4) is 0 Å². The molecule has 0 aromatic heterocycles. The highest BCUT2D eigenvalue weighted by Crippen LogP contribution is 2.00. The summed E-state index contributed by atoms with van der Waals surface area (Å²) in [5, 5.41) is 24.8. The lowest BCUT2D eigenvalue weighted by atomic mass is 10.2. The van der Waals surface area contributed by atoms with Crippen molar-refractivity contribution < 1.29 is 15.3 Å². The summed E-state index contributed by atoms with van der Waals surface area (Å²) in [4.78, 5) is 0. The molecule has 9 heavy (non-hydrogen) atoms. The molecule has 0 fully saturated rings. The Bertz CT molecular complexity index is 72.7. The minimum atomic E-state index is -2.71. The fourth-order valence-corrected chi connectivity index (χ4v) is 0.274. The Morgan fingerprint density at radius 3 is 1.78 bits per heavy atom. The van der Waals surface area contributed by atoms with Gasteiger partial charge in [0, 0.05) is 0 Å². The second kappa shape index (κ2) is 4.03. The van der Waals surface area contributed by atoms with Crippen molar-refractivity contribution in [3.05, 3.63) is 0 Å². The SMILES string of the molecule is CCC(N)C(O)(O)O.Cl. The van der Waals surface area contributed by atoms with Gasteiger partial charge in [0.15, 0.2) is 0 Å². The largest absolute Gasteiger partial charge is 0.342 e. The van der Waals surface area contributed by atoms with Gasteiger partial charge in [0.25, 0.3) is 5.97 Å². The Balaban J connectivity index is 0. The molecule has 0 aliphatic rings. The van der Waals surface area contributed by atoms with Gasteiger partial charge >= 0.3 is 0 Å². The van der Waals surface area contributed by atoms with E-state index < -0.39 is 12.0 Å². The van der Waals surface area contributed by atoms with Crippen molar-refractivity contribution >= 4 is 12.4 Å². The third-order valence-corrected chi connectivity index (χ3v) is 0.937. The summed E-state index contributed by atoms with van der Waals surface area (Å²) < 4.78 is 0. The molecule has 0 saturated heterocycles. The van der Waals surface area contributed by atoms with Crippen LogP contribution in [0, 0.1) is 0 Å². The maximum atomic E-state index is 8.27. The van der Waals surface area contributed by atoms with Crippen LogP contribution in [-0.2, 0) is 0 Å². The van der Waals surface area contributed by atoms with Gasteiger partial charge in [-0.15, -0.1) is 12.4 Å². The minimum absolute atomic E-state index is 0. The van der Waals surface area contributed by atoms with Gasteiger partial charge in [0.2, 0.25) is 0 Å². The van der Waals surface area contributed by atoms with Crippen molar-refractivity contribution in [2.24, 2.45) is 5.73 Å². The van der Waals surface area contributed by atoms with Gasteiger partial charge in [-0.2, -0.15) is 0 Å². The summed E-state index contributed by atoms with van der Waals surface area (Å²) in [6, 6.07) is -0.984. The molecule has 5 heteroatoms. The highest BCUT2D eigenvalue weighted by atomic mass is 35.5. The highest BCUT2D eigenvalue weighted by molar-refractivity contribution is 5.85. The maximum absolute atomic E-state index is 8.27. The number of hydrogen-bond donors (Lipinski definition) is 4. The predicted octanol–water partition coefficient (Wildman–Crippen LogP) is -1.22. The average Bonchev–Trinajstić information content (AvgIpc) is 1.62. The molecule has 0 spiro atoms. The quantitative estimate of drug-likeness (QED) is 0.379. The molecule has 1 atom stereocenters. The van der Waals surface area contributed by atoms with Gasteiger partial charge in [0.1, 0.15) is 0 Å². The smallest absolute Gasteiger partial charge is 0.291 e. The van der Waals surface area contributed by atoms with Crippen molar-refractivity contribution in [2.45, 2.75) is 25.4 Å². The van der Waals surface area contributed by atoms with Gasteiger partial charge in [-0.25, -0.2) is 0 Å². The molecule has 5 N–H and O–H groups in total. The topological polar surface area (TPSA) is 86.7 Å². The Morgan fingerprint density at radius 1 is 1.44 bits per heavy atom. The van der Waals surface area contributed by atoms with Crippen LogP contribution in [0.4, 0.5) is 0 Å². The second-order valence-electron chi connectivity index (χ2n) is 1.70. The number of rotatable bonds is 2. The molecule has 0 bridgehead atoms. The van der Waals surface area contributed by atoms with Crippen LogP contribution in [0.5, 0.6) is 0 Å². The van der Waals surface area contributed by atoms with Crippen LogP contribution < -0.4 is 5.73 Å². The summed E-state index contributed by atoms with van der Waals surface area (Å²) in [7, 11) is 0. The Kier molecular flexibility index (Phi) is 5.31. The zero-order chi connectivity index (χ0) is 6.78. The fourth-order valence-electron chi connectivity index (χ4n) is 0.274. The van der Waals surface area contributed by atoms with Crippen LogP contribution in [0.3, 0.4) is 0 Å². The fraction of sp³-hybridized carbons (Fsp3) is 1.00. The predicted molar refractivity (Wildman–Crippen MR) is 34.9 cm³/mol. The average molecular weight is 158 g/mol. The number of halogens is 1. The number of nitrogens with two attached hydrogens (primary N) is 1. The molecule has 0 amide bonds. The van der Waals surface area contributed by atoms with Crippen molar-refractivity contribution in [3.63, 3.8) is 0 Å². The van der Waals surface area contributed by atoms with E-state index in [-0.39, 0.29) is 12.4 Å². The van der Waals surface area contributed by atoms with Crippen LogP contribution >= 0.6 is 12.4 Å². The lowest BCUT2D eigenvalue weighted by Crippen LogP contribution is -2.47. The minimum Gasteiger partial charge on any atom is -0.342 e. The van der Waals surface area contributed by atoms with E-state index in [2.05, 4.69) is 0 Å². The summed E-state index contributed by atoms with van der Waals surface area (Å²) in [6.45, 7) is 1.64. The lowest BCUT2D eigenvalue weighted by Gasteiger charge is -2.19. The Morgan fingerprint density at radius 2 is 1.78 bits per heavy atom. The first-order valence-electron chi connectivity index (χ1n) is 2.41. The third-order valence-electron chi connectivity index (χ3n) is 0.937. The maximum Gasteiger partial charge on any atom is 0.291 e. The first kappa shape index (κ1) is 11.9. The molecule has 0 rings (SSSR count). The molecule has 4 nitrogen and oxygen atoms in total. The van der Waals surface area contributed by atoms with Gasteiger partial charge in [-0.05, 0) is 6.42 Å². The standard InChI is InChI=1S/C4H11NO3.ClH/c1-2-3(5)4(6,7)8;/h3,6-8H,2,5H2,1H3;1H. The van der Waals surface area contributed by atoms with Crippen LogP contribution in [-0.4, -0.2) is 27.3 Å². The first-order chi connectivity index (χ1) is 3.48. The molecule has 58 valence electrons. The summed E-state index contributed by atoms with van der Waals surface area (Å²) in [6.07, 6.45) is 0.323. The number of hydrogen-bond acceptors (Lipinski definition) is 4. The molecule has 0 heterocycles. The Labute approximate surface area is 59.7 Å². The van der Waals surface area contributed by atoms with Crippen LogP contribution in [0.2, 0.25) is 0 Å². The van der Waals surface area contributed by atoms with Gasteiger partial charge in [-0.1, -0.05) is 6.92 Å². The molecule has 0 radical (unpaired) electrons. The first-order valence-corrected chi connectivity index (χ1v) is 2.41. The molecule has 1 unspecified atom stereocenters. The monoisotopic (exact) mass is 157 g/mol. The van der Waals surface area contributed by atoms with Gasteiger partial charge in [0.05, 0.1) is 6.04 Å². The zero-order valence-corrected chi connectivity index (χ0v) is 5.93. The highest BCUT2D eigenvalue weighted by Gasteiger charge is 2.26. The summed E-state index contributed by atoms with van der Waals surface area (Å²) in [5.74, 6) is -2.71.